The quantitative estimate of drug-likeness (QED) is 0.473. The number of sulfonamides is 1. The average Bonchev–Trinajstić information content (AvgIpc) is 2.88. The highest BCUT2D eigenvalue weighted by Gasteiger charge is 2.32. The van der Waals surface area contributed by atoms with Crippen molar-refractivity contribution in [1.82, 2.24) is 10.2 Å². The second-order valence-corrected chi connectivity index (χ2v) is 11.3. The molecule has 1 aliphatic rings. The van der Waals surface area contributed by atoms with Crippen LogP contribution >= 0.6 is 0 Å². The molecule has 1 atom stereocenters. The van der Waals surface area contributed by atoms with Crippen LogP contribution in [0.2, 0.25) is 0 Å². The molecule has 37 heavy (non-hydrogen) atoms. The highest BCUT2D eigenvalue weighted by molar-refractivity contribution is 7.92. The number of nitrogens with one attached hydrogen (secondary N) is 1. The van der Waals surface area contributed by atoms with Gasteiger partial charge in [0.2, 0.25) is 21.8 Å². The van der Waals surface area contributed by atoms with E-state index in [0.717, 1.165) is 60.4 Å². The fourth-order valence-electron chi connectivity index (χ4n) is 4.61. The highest BCUT2D eigenvalue weighted by Crippen LogP contribution is 2.22. The van der Waals surface area contributed by atoms with Gasteiger partial charge in [-0.15, -0.1) is 0 Å². The van der Waals surface area contributed by atoms with E-state index in [1.807, 2.05) is 6.92 Å². The first-order valence-electron chi connectivity index (χ1n) is 12.6. The largest absolute Gasteiger partial charge is 0.497 e. The highest BCUT2D eigenvalue weighted by atomic mass is 32.2. The van der Waals surface area contributed by atoms with E-state index in [0.29, 0.717) is 12.2 Å². The number of methoxy groups -OCH3 is 1. The van der Waals surface area contributed by atoms with Crippen LogP contribution < -0.4 is 14.4 Å². The molecular weight excluding hydrogens is 497 g/mol. The van der Waals surface area contributed by atoms with E-state index in [9.17, 15) is 22.4 Å². The molecule has 8 nitrogen and oxygen atoms in total. The molecule has 1 fully saturated rings. The van der Waals surface area contributed by atoms with Crippen molar-refractivity contribution in [2.24, 2.45) is 0 Å². The zero-order chi connectivity index (χ0) is 27.0. The van der Waals surface area contributed by atoms with Gasteiger partial charge in [0.15, 0.2) is 0 Å². The van der Waals surface area contributed by atoms with Gasteiger partial charge in [0.05, 0.1) is 19.1 Å². The molecule has 3 rings (SSSR count). The molecule has 1 aliphatic carbocycles. The molecule has 2 aromatic rings. The van der Waals surface area contributed by atoms with Crippen LogP contribution in [0.4, 0.5) is 10.1 Å². The van der Waals surface area contributed by atoms with Gasteiger partial charge >= 0.3 is 0 Å². The van der Waals surface area contributed by atoms with Crippen LogP contribution in [0.15, 0.2) is 48.5 Å². The minimum atomic E-state index is -3.87. The van der Waals surface area contributed by atoms with Crippen LogP contribution in [0, 0.1) is 5.82 Å². The molecule has 0 aliphatic heterocycles. The SMILES string of the molecule is CC[C@H](C(=O)NC1CCCCC1)N(Cc1ccc(OC)cc1)C(=O)CN(c1ccc(F)cc1)S(C)(=O)=O. The van der Waals surface area contributed by atoms with E-state index in [1.54, 1.807) is 31.4 Å². The Balaban J connectivity index is 1.90. The summed E-state index contributed by atoms with van der Waals surface area (Å²) in [6.07, 6.45) is 6.41. The van der Waals surface area contributed by atoms with Crippen molar-refractivity contribution in [3.8, 4) is 5.75 Å². The van der Waals surface area contributed by atoms with Gasteiger partial charge in [0, 0.05) is 12.6 Å². The second kappa shape index (κ2) is 12.9. The third kappa shape index (κ3) is 7.92. The number of hydrogen-bond donors (Lipinski definition) is 1. The molecule has 0 radical (unpaired) electrons. The Morgan fingerprint density at radius 3 is 2.22 bits per heavy atom. The maximum atomic E-state index is 13.7. The Hall–Kier alpha value is -3.14. The van der Waals surface area contributed by atoms with E-state index >= 15 is 0 Å². The van der Waals surface area contributed by atoms with Crippen molar-refractivity contribution in [3.63, 3.8) is 0 Å². The van der Waals surface area contributed by atoms with Gasteiger partial charge < -0.3 is 15.0 Å². The van der Waals surface area contributed by atoms with Gasteiger partial charge in [-0.3, -0.25) is 13.9 Å². The van der Waals surface area contributed by atoms with Gasteiger partial charge in [-0.2, -0.15) is 0 Å². The number of amides is 2. The Kier molecular flexibility index (Phi) is 9.91. The minimum Gasteiger partial charge on any atom is -0.497 e. The van der Waals surface area contributed by atoms with Crippen molar-refractivity contribution in [2.75, 3.05) is 24.2 Å². The fraction of sp³-hybridized carbons (Fsp3) is 0.481. The summed E-state index contributed by atoms with van der Waals surface area (Å²) in [5.41, 5.74) is 0.937. The summed E-state index contributed by atoms with van der Waals surface area (Å²) in [4.78, 5) is 28.5. The lowest BCUT2D eigenvalue weighted by molar-refractivity contribution is -0.140. The number of carbonyl (C=O) groups is 2. The normalized spacial score (nSPS) is 15.0. The average molecular weight is 534 g/mol. The fourth-order valence-corrected chi connectivity index (χ4v) is 5.46. The maximum absolute atomic E-state index is 13.7. The number of rotatable bonds is 11. The summed E-state index contributed by atoms with van der Waals surface area (Å²) in [6.45, 7) is 1.42. The lowest BCUT2D eigenvalue weighted by atomic mass is 9.95. The molecular formula is C27H36FN3O5S. The van der Waals surface area contributed by atoms with Crippen LogP contribution in [0.1, 0.15) is 51.0 Å². The van der Waals surface area contributed by atoms with Crippen molar-refractivity contribution in [1.29, 1.82) is 0 Å². The number of halogens is 1. The third-order valence-corrected chi connectivity index (χ3v) is 7.78. The Labute approximate surface area is 218 Å². The Morgan fingerprint density at radius 2 is 1.68 bits per heavy atom. The van der Waals surface area contributed by atoms with Gasteiger partial charge in [0.25, 0.3) is 0 Å². The minimum absolute atomic E-state index is 0.0694. The summed E-state index contributed by atoms with van der Waals surface area (Å²) in [7, 11) is -2.31. The molecule has 10 heteroatoms. The summed E-state index contributed by atoms with van der Waals surface area (Å²) >= 11 is 0. The number of ether oxygens (including phenoxy) is 1. The van der Waals surface area contributed by atoms with Crippen LogP contribution in [0.5, 0.6) is 5.75 Å². The van der Waals surface area contributed by atoms with Gasteiger partial charge in [0.1, 0.15) is 24.2 Å². The zero-order valence-electron chi connectivity index (χ0n) is 21.7. The lowest BCUT2D eigenvalue weighted by Gasteiger charge is -2.34. The summed E-state index contributed by atoms with van der Waals surface area (Å²) < 4.78 is 44.8. The summed E-state index contributed by atoms with van der Waals surface area (Å²) in [6, 6.07) is 11.3. The van der Waals surface area contributed by atoms with E-state index in [-0.39, 0.29) is 24.2 Å². The van der Waals surface area contributed by atoms with Gasteiger partial charge in [-0.1, -0.05) is 38.3 Å². The molecule has 202 valence electrons. The standard InChI is InChI=1S/C27H36FN3O5S/c1-4-25(27(33)29-22-8-6-5-7-9-22)30(18-20-10-16-24(36-2)17-11-20)26(32)19-31(37(3,34)35)23-14-12-21(28)13-15-23/h10-17,22,25H,4-9,18-19H2,1-3H3,(H,29,33)/t25-/m1/s1. The molecule has 1 N–H and O–H groups in total. The van der Waals surface area contributed by atoms with Crippen molar-refractivity contribution < 1.29 is 27.1 Å². The number of carbonyl (C=O) groups excluding carboxylic acids is 2. The first kappa shape index (κ1) is 28.4. The molecule has 1 saturated carbocycles. The first-order chi connectivity index (χ1) is 17.6. The molecule has 0 saturated heterocycles. The predicted octanol–water partition coefficient (Wildman–Crippen LogP) is 3.86. The number of anilines is 1. The zero-order valence-corrected chi connectivity index (χ0v) is 22.5. The van der Waals surface area contributed by atoms with E-state index < -0.39 is 34.3 Å². The molecule has 0 spiro atoms. The summed E-state index contributed by atoms with van der Waals surface area (Å²) in [5.74, 6) is -0.640. The van der Waals surface area contributed by atoms with Crippen molar-refractivity contribution in [2.45, 2.75) is 64.1 Å². The van der Waals surface area contributed by atoms with E-state index in [2.05, 4.69) is 5.32 Å². The molecule has 0 heterocycles. The van der Waals surface area contributed by atoms with E-state index in [1.165, 1.54) is 17.0 Å². The van der Waals surface area contributed by atoms with Crippen LogP contribution in [-0.4, -0.2) is 57.1 Å². The maximum Gasteiger partial charge on any atom is 0.244 e. The van der Waals surface area contributed by atoms with Gasteiger partial charge in [-0.25, -0.2) is 12.8 Å². The molecule has 0 aromatic heterocycles. The lowest BCUT2D eigenvalue weighted by Crippen LogP contribution is -2.53. The van der Waals surface area contributed by atoms with Crippen molar-refractivity contribution in [3.05, 3.63) is 59.9 Å². The topological polar surface area (TPSA) is 96.0 Å². The number of nitrogens with zero attached hydrogens (tertiary/aromatic N) is 2. The van der Waals surface area contributed by atoms with Gasteiger partial charge in [-0.05, 0) is 61.2 Å². The molecule has 0 unspecified atom stereocenters. The smallest absolute Gasteiger partial charge is 0.244 e. The predicted molar refractivity (Wildman–Crippen MR) is 141 cm³/mol. The molecule has 0 bridgehead atoms. The Bertz CT molecular complexity index is 1150. The number of benzene rings is 2. The summed E-state index contributed by atoms with van der Waals surface area (Å²) in [5, 5.41) is 3.10. The van der Waals surface area contributed by atoms with E-state index in [4.69, 9.17) is 4.74 Å². The monoisotopic (exact) mass is 533 g/mol. The molecule has 2 amide bonds. The molecule has 2 aromatic carbocycles. The Morgan fingerprint density at radius 1 is 1.05 bits per heavy atom. The third-order valence-electron chi connectivity index (χ3n) is 6.64. The van der Waals surface area contributed by atoms with Crippen LogP contribution in [0.25, 0.3) is 0 Å². The van der Waals surface area contributed by atoms with Crippen LogP contribution in [-0.2, 0) is 26.2 Å². The first-order valence-corrected chi connectivity index (χ1v) is 14.4. The van der Waals surface area contributed by atoms with Crippen LogP contribution in [0.3, 0.4) is 0 Å². The van der Waals surface area contributed by atoms with Crippen molar-refractivity contribution >= 4 is 27.5 Å². The second-order valence-electron chi connectivity index (χ2n) is 9.38. The number of hydrogen-bond acceptors (Lipinski definition) is 5.